The Balaban J connectivity index is 1.46. The summed E-state index contributed by atoms with van der Waals surface area (Å²) in [5.41, 5.74) is 1.72. The van der Waals surface area contributed by atoms with Crippen molar-refractivity contribution in [2.75, 3.05) is 31.1 Å². The Kier molecular flexibility index (Phi) is 8.26. The first-order valence-electron chi connectivity index (χ1n) is 10.5. The third-order valence-electron chi connectivity index (χ3n) is 4.89. The average Bonchev–Trinajstić information content (AvgIpc) is 2.85. The fourth-order valence-corrected chi connectivity index (χ4v) is 4.22. The molecular weight excluding hydrogens is 456 g/mol. The number of para-hydroxylation sites is 1. The molecule has 9 heteroatoms. The molecule has 0 radical (unpaired) electrons. The molecule has 0 atom stereocenters. The van der Waals surface area contributed by atoms with E-state index >= 15 is 0 Å². The van der Waals surface area contributed by atoms with E-state index in [2.05, 4.69) is 5.32 Å². The van der Waals surface area contributed by atoms with Crippen LogP contribution in [0.5, 0.6) is 5.75 Å². The number of esters is 1. The van der Waals surface area contributed by atoms with Crippen LogP contribution in [0.15, 0.2) is 83.8 Å². The van der Waals surface area contributed by atoms with Crippen LogP contribution in [0.25, 0.3) is 0 Å². The van der Waals surface area contributed by atoms with E-state index in [0.717, 1.165) is 9.87 Å². The molecule has 0 aliphatic heterocycles. The van der Waals surface area contributed by atoms with Gasteiger partial charge in [0, 0.05) is 7.05 Å². The first-order valence-corrected chi connectivity index (χ1v) is 12.0. The van der Waals surface area contributed by atoms with E-state index in [4.69, 9.17) is 9.47 Å². The molecule has 178 valence electrons. The summed E-state index contributed by atoms with van der Waals surface area (Å²) in [7, 11) is -2.33. The second kappa shape index (κ2) is 11.3. The van der Waals surface area contributed by atoms with Crippen LogP contribution in [0.4, 0.5) is 5.69 Å². The SMILES string of the molecule is Cc1cccc(OCCNC(=O)COC(=O)c2ccc(S(=O)(=O)N(C)c3ccccc3)cc2)c1. The predicted octanol–water partition coefficient (Wildman–Crippen LogP) is 3.17. The summed E-state index contributed by atoms with van der Waals surface area (Å²) in [5, 5.41) is 2.61. The standard InChI is InChI=1S/C25H26N2O6S/c1-19-7-6-10-22(17-19)32-16-15-26-24(28)18-33-25(29)20-11-13-23(14-12-20)34(30,31)27(2)21-8-4-3-5-9-21/h3-14,17H,15-16,18H2,1-2H3,(H,26,28). The summed E-state index contributed by atoms with van der Waals surface area (Å²) < 4.78 is 37.3. The molecule has 0 heterocycles. The number of carbonyl (C=O) groups excluding carboxylic acids is 2. The van der Waals surface area contributed by atoms with Crippen LogP contribution in [-0.2, 0) is 19.6 Å². The van der Waals surface area contributed by atoms with Gasteiger partial charge in [0.15, 0.2) is 6.61 Å². The summed E-state index contributed by atoms with van der Waals surface area (Å²) in [4.78, 5) is 24.2. The van der Waals surface area contributed by atoms with Crippen LogP contribution >= 0.6 is 0 Å². The zero-order valence-corrected chi connectivity index (χ0v) is 19.7. The van der Waals surface area contributed by atoms with Gasteiger partial charge in [-0.2, -0.15) is 0 Å². The van der Waals surface area contributed by atoms with Crippen molar-refractivity contribution >= 4 is 27.6 Å². The number of nitrogens with zero attached hydrogens (tertiary/aromatic N) is 1. The summed E-state index contributed by atoms with van der Waals surface area (Å²) >= 11 is 0. The Labute approximate surface area is 199 Å². The molecule has 0 aliphatic carbocycles. The molecule has 0 spiro atoms. The third-order valence-corrected chi connectivity index (χ3v) is 6.68. The van der Waals surface area contributed by atoms with Crippen molar-refractivity contribution in [2.24, 2.45) is 0 Å². The first kappa shape index (κ1) is 24.8. The number of benzene rings is 3. The number of carbonyl (C=O) groups is 2. The highest BCUT2D eigenvalue weighted by Gasteiger charge is 2.21. The number of rotatable bonds is 10. The number of ether oxygens (including phenoxy) is 2. The Morgan fingerprint density at radius 2 is 1.65 bits per heavy atom. The molecule has 1 amide bonds. The minimum Gasteiger partial charge on any atom is -0.492 e. The largest absolute Gasteiger partial charge is 0.492 e. The molecule has 8 nitrogen and oxygen atoms in total. The van der Waals surface area contributed by atoms with Crippen molar-refractivity contribution in [3.63, 3.8) is 0 Å². The Morgan fingerprint density at radius 1 is 0.941 bits per heavy atom. The van der Waals surface area contributed by atoms with Gasteiger partial charge in [0.25, 0.3) is 15.9 Å². The fraction of sp³-hybridized carbons (Fsp3) is 0.200. The highest BCUT2D eigenvalue weighted by atomic mass is 32.2. The summed E-state index contributed by atoms with van der Waals surface area (Å²) in [6.07, 6.45) is 0. The quantitative estimate of drug-likeness (QED) is 0.352. The lowest BCUT2D eigenvalue weighted by atomic mass is 10.2. The van der Waals surface area contributed by atoms with Crippen molar-refractivity contribution in [1.29, 1.82) is 0 Å². The van der Waals surface area contributed by atoms with Gasteiger partial charge in [0.2, 0.25) is 0 Å². The highest BCUT2D eigenvalue weighted by molar-refractivity contribution is 7.92. The summed E-state index contributed by atoms with van der Waals surface area (Å²) in [6, 6.07) is 21.6. The maximum absolute atomic E-state index is 12.8. The van der Waals surface area contributed by atoms with Gasteiger partial charge in [-0.05, 0) is 61.0 Å². The van der Waals surface area contributed by atoms with Crippen LogP contribution in [0.3, 0.4) is 0 Å². The van der Waals surface area contributed by atoms with Crippen molar-refractivity contribution in [3.05, 3.63) is 90.0 Å². The van der Waals surface area contributed by atoms with Gasteiger partial charge in [-0.15, -0.1) is 0 Å². The van der Waals surface area contributed by atoms with E-state index in [1.807, 2.05) is 31.2 Å². The molecule has 0 unspecified atom stereocenters. The average molecular weight is 483 g/mol. The molecule has 34 heavy (non-hydrogen) atoms. The fourth-order valence-electron chi connectivity index (χ4n) is 3.03. The Morgan fingerprint density at radius 3 is 2.32 bits per heavy atom. The van der Waals surface area contributed by atoms with Gasteiger partial charge in [-0.25, -0.2) is 13.2 Å². The van der Waals surface area contributed by atoms with E-state index in [1.165, 1.54) is 31.3 Å². The minimum absolute atomic E-state index is 0.0294. The van der Waals surface area contributed by atoms with E-state index < -0.39 is 28.5 Å². The molecule has 0 saturated carbocycles. The normalized spacial score (nSPS) is 10.9. The monoisotopic (exact) mass is 482 g/mol. The number of amides is 1. The van der Waals surface area contributed by atoms with Crippen molar-refractivity contribution in [2.45, 2.75) is 11.8 Å². The van der Waals surface area contributed by atoms with Crippen LogP contribution < -0.4 is 14.4 Å². The number of anilines is 1. The van der Waals surface area contributed by atoms with Gasteiger partial charge in [-0.3, -0.25) is 9.10 Å². The van der Waals surface area contributed by atoms with Crippen LogP contribution in [0.1, 0.15) is 15.9 Å². The molecule has 1 N–H and O–H groups in total. The van der Waals surface area contributed by atoms with E-state index in [1.54, 1.807) is 30.3 Å². The van der Waals surface area contributed by atoms with Crippen molar-refractivity contribution < 1.29 is 27.5 Å². The first-order chi connectivity index (χ1) is 16.3. The second-order valence-corrected chi connectivity index (χ2v) is 9.39. The Bertz CT molecular complexity index is 1230. The molecule has 3 rings (SSSR count). The molecule has 0 aliphatic rings. The van der Waals surface area contributed by atoms with E-state index in [9.17, 15) is 18.0 Å². The van der Waals surface area contributed by atoms with Gasteiger partial charge in [-0.1, -0.05) is 30.3 Å². The van der Waals surface area contributed by atoms with Gasteiger partial charge >= 0.3 is 5.97 Å². The topological polar surface area (TPSA) is 102 Å². The number of sulfonamides is 1. The summed E-state index contributed by atoms with van der Waals surface area (Å²) in [5.74, 6) is -0.488. The molecule has 0 bridgehead atoms. The molecular formula is C25H26N2O6S. The lowest BCUT2D eigenvalue weighted by Crippen LogP contribution is -2.32. The zero-order valence-electron chi connectivity index (χ0n) is 18.9. The van der Waals surface area contributed by atoms with Crippen LogP contribution in [0.2, 0.25) is 0 Å². The zero-order chi connectivity index (χ0) is 24.6. The minimum atomic E-state index is -3.79. The smallest absolute Gasteiger partial charge is 0.338 e. The second-order valence-electron chi connectivity index (χ2n) is 7.42. The number of hydrogen-bond acceptors (Lipinski definition) is 6. The van der Waals surface area contributed by atoms with E-state index in [0.29, 0.717) is 11.4 Å². The number of aryl methyl sites for hydroxylation is 1. The maximum atomic E-state index is 12.8. The lowest BCUT2D eigenvalue weighted by molar-refractivity contribution is -0.124. The molecule has 0 saturated heterocycles. The van der Waals surface area contributed by atoms with Gasteiger partial charge in [0.1, 0.15) is 12.4 Å². The predicted molar refractivity (Wildman–Crippen MR) is 128 cm³/mol. The highest BCUT2D eigenvalue weighted by Crippen LogP contribution is 2.22. The van der Waals surface area contributed by atoms with Crippen LogP contribution in [0, 0.1) is 6.92 Å². The Hall–Kier alpha value is -3.85. The third kappa shape index (κ3) is 6.58. The molecule has 0 aromatic heterocycles. The summed E-state index contributed by atoms with van der Waals surface area (Å²) in [6.45, 7) is 2.03. The molecule has 0 fully saturated rings. The number of hydrogen-bond donors (Lipinski definition) is 1. The maximum Gasteiger partial charge on any atom is 0.338 e. The van der Waals surface area contributed by atoms with Crippen molar-refractivity contribution in [3.8, 4) is 5.75 Å². The number of nitrogens with one attached hydrogen (secondary N) is 1. The molecule has 3 aromatic rings. The molecule has 3 aromatic carbocycles. The lowest BCUT2D eigenvalue weighted by Gasteiger charge is -2.19. The van der Waals surface area contributed by atoms with Crippen LogP contribution in [-0.4, -0.2) is 47.1 Å². The van der Waals surface area contributed by atoms with Gasteiger partial charge < -0.3 is 14.8 Å². The van der Waals surface area contributed by atoms with E-state index in [-0.39, 0.29) is 23.6 Å². The van der Waals surface area contributed by atoms with Gasteiger partial charge in [0.05, 0.1) is 22.7 Å². The van der Waals surface area contributed by atoms with Crippen molar-refractivity contribution in [1.82, 2.24) is 5.32 Å².